The van der Waals surface area contributed by atoms with Gasteiger partial charge in [0.25, 0.3) is 0 Å². The van der Waals surface area contributed by atoms with Crippen LogP contribution in [0.2, 0.25) is 0 Å². The molecule has 1 amide bonds. The van der Waals surface area contributed by atoms with E-state index < -0.39 is 0 Å². The summed E-state index contributed by atoms with van der Waals surface area (Å²) in [6.45, 7) is 0. The number of rotatable bonds is 8. The van der Waals surface area contributed by atoms with Gasteiger partial charge >= 0.3 is 0 Å². The van der Waals surface area contributed by atoms with Crippen LogP contribution < -0.4 is 15.5 Å². The first-order chi connectivity index (χ1) is 18.1. The molecule has 4 aromatic rings. The average molecular weight is 494 g/mol. The number of fused-ring (bicyclic) bond motifs is 1. The number of anilines is 2. The maximum Gasteiger partial charge on any atom is 0.225 e. The molecule has 1 heterocycles. The molecule has 3 aromatic carbocycles. The summed E-state index contributed by atoms with van der Waals surface area (Å²) in [6.07, 6.45) is 4.28. The van der Waals surface area contributed by atoms with Crippen molar-refractivity contribution in [3.05, 3.63) is 96.1 Å². The van der Waals surface area contributed by atoms with Gasteiger partial charge < -0.3 is 15.5 Å². The Morgan fingerprint density at radius 2 is 1.38 bits per heavy atom. The van der Waals surface area contributed by atoms with Gasteiger partial charge in [-0.2, -0.15) is 4.98 Å². The topological polar surface area (TPSA) is 70.2 Å². The van der Waals surface area contributed by atoms with E-state index in [1.165, 1.54) is 11.1 Å². The Morgan fingerprint density at radius 3 is 2.00 bits per heavy atom. The molecule has 0 unspecified atom stereocenters. The Bertz CT molecular complexity index is 1280. The number of benzene rings is 3. The first-order valence-electron chi connectivity index (χ1n) is 13.2. The van der Waals surface area contributed by atoms with Crippen molar-refractivity contribution in [3.63, 3.8) is 0 Å². The molecule has 0 aliphatic heterocycles. The van der Waals surface area contributed by atoms with Crippen LogP contribution in [0.15, 0.2) is 84.9 Å². The summed E-state index contributed by atoms with van der Waals surface area (Å²) in [5, 5.41) is 7.92. The fourth-order valence-electron chi connectivity index (χ4n) is 5.30. The van der Waals surface area contributed by atoms with Crippen LogP contribution in [0.4, 0.5) is 11.8 Å². The molecule has 0 spiro atoms. The van der Waals surface area contributed by atoms with E-state index in [1.807, 2.05) is 73.6 Å². The molecule has 0 bridgehead atoms. The Morgan fingerprint density at radius 1 is 0.811 bits per heavy atom. The molecule has 1 fully saturated rings. The van der Waals surface area contributed by atoms with Crippen LogP contribution in [0.1, 0.15) is 49.1 Å². The van der Waals surface area contributed by atoms with Gasteiger partial charge in [-0.05, 0) is 48.9 Å². The van der Waals surface area contributed by atoms with Crippen LogP contribution in [-0.2, 0) is 4.79 Å². The van der Waals surface area contributed by atoms with Gasteiger partial charge in [-0.1, -0.05) is 72.8 Å². The summed E-state index contributed by atoms with van der Waals surface area (Å²) in [7, 11) is 4.01. The summed E-state index contributed by atoms with van der Waals surface area (Å²) >= 11 is 0. The fraction of sp³-hybridized carbons (Fsp3) is 0.323. The van der Waals surface area contributed by atoms with Gasteiger partial charge in [0.1, 0.15) is 5.82 Å². The Balaban J connectivity index is 1.18. The van der Waals surface area contributed by atoms with Gasteiger partial charge in [-0.25, -0.2) is 4.98 Å². The van der Waals surface area contributed by atoms with Crippen LogP contribution >= 0.6 is 0 Å². The van der Waals surface area contributed by atoms with E-state index in [2.05, 4.69) is 41.0 Å². The zero-order valence-electron chi connectivity index (χ0n) is 21.6. The third kappa shape index (κ3) is 6.08. The fourth-order valence-corrected chi connectivity index (χ4v) is 5.30. The molecule has 1 saturated carbocycles. The lowest BCUT2D eigenvalue weighted by molar-refractivity contribution is -0.122. The summed E-state index contributed by atoms with van der Waals surface area (Å²) < 4.78 is 0. The van der Waals surface area contributed by atoms with Crippen molar-refractivity contribution in [2.45, 2.75) is 50.1 Å². The van der Waals surface area contributed by atoms with Crippen LogP contribution in [0, 0.1) is 0 Å². The normalized spacial score (nSPS) is 17.5. The number of aromatic nitrogens is 2. The summed E-state index contributed by atoms with van der Waals surface area (Å²) in [5.74, 6) is 1.75. The lowest BCUT2D eigenvalue weighted by Gasteiger charge is -2.30. The Hall–Kier alpha value is -3.93. The minimum atomic E-state index is 0.0522. The monoisotopic (exact) mass is 493 g/mol. The van der Waals surface area contributed by atoms with Gasteiger partial charge in [0, 0.05) is 43.9 Å². The first-order valence-corrected chi connectivity index (χ1v) is 13.2. The lowest BCUT2D eigenvalue weighted by atomic mass is 9.87. The number of carbonyl (C=O) groups is 1. The number of nitrogens with one attached hydrogen (secondary N) is 2. The maximum atomic E-state index is 13.1. The second-order valence-corrected chi connectivity index (χ2v) is 10.1. The zero-order chi connectivity index (χ0) is 25.6. The predicted molar refractivity (Wildman–Crippen MR) is 151 cm³/mol. The van der Waals surface area contributed by atoms with E-state index in [0.29, 0.717) is 18.4 Å². The summed E-state index contributed by atoms with van der Waals surface area (Å²) in [5.41, 5.74) is 3.28. The Labute approximate surface area is 219 Å². The zero-order valence-corrected chi connectivity index (χ0v) is 21.6. The minimum absolute atomic E-state index is 0.0522. The number of nitrogens with zero attached hydrogens (tertiary/aromatic N) is 3. The number of hydrogen-bond donors (Lipinski definition) is 2. The second kappa shape index (κ2) is 11.4. The average Bonchev–Trinajstić information content (AvgIpc) is 2.93. The third-order valence-electron chi connectivity index (χ3n) is 7.23. The van der Waals surface area contributed by atoms with Crippen molar-refractivity contribution < 1.29 is 4.79 Å². The molecule has 0 atom stereocenters. The highest BCUT2D eigenvalue weighted by Crippen LogP contribution is 2.29. The molecule has 2 N–H and O–H groups in total. The molecular weight excluding hydrogens is 458 g/mol. The number of carbonyl (C=O) groups excluding carboxylic acids is 1. The van der Waals surface area contributed by atoms with Crippen molar-refractivity contribution in [2.24, 2.45) is 0 Å². The van der Waals surface area contributed by atoms with Gasteiger partial charge in [0.2, 0.25) is 11.9 Å². The highest BCUT2D eigenvalue weighted by molar-refractivity contribution is 5.90. The molecule has 0 radical (unpaired) electrons. The minimum Gasteiger partial charge on any atom is -0.362 e. The third-order valence-corrected chi connectivity index (χ3v) is 7.23. The van der Waals surface area contributed by atoms with Crippen molar-refractivity contribution in [1.82, 2.24) is 15.3 Å². The lowest BCUT2D eigenvalue weighted by Crippen LogP contribution is -2.40. The van der Waals surface area contributed by atoms with Gasteiger partial charge in [0.05, 0.1) is 5.52 Å². The van der Waals surface area contributed by atoms with Crippen molar-refractivity contribution >= 4 is 28.6 Å². The predicted octanol–water partition coefficient (Wildman–Crippen LogP) is 5.76. The van der Waals surface area contributed by atoms with Crippen molar-refractivity contribution in [2.75, 3.05) is 24.3 Å². The highest BCUT2D eigenvalue weighted by atomic mass is 16.1. The van der Waals surface area contributed by atoms with E-state index >= 15 is 0 Å². The smallest absolute Gasteiger partial charge is 0.225 e. The quantitative estimate of drug-likeness (QED) is 0.327. The van der Waals surface area contributed by atoms with Crippen molar-refractivity contribution in [1.29, 1.82) is 0 Å². The van der Waals surface area contributed by atoms with Crippen LogP contribution in [0.25, 0.3) is 10.9 Å². The molecule has 1 aromatic heterocycles. The molecule has 190 valence electrons. The Kier molecular flexibility index (Phi) is 7.64. The van der Waals surface area contributed by atoms with Crippen molar-refractivity contribution in [3.8, 4) is 0 Å². The van der Waals surface area contributed by atoms with Crippen LogP contribution in [0.5, 0.6) is 0 Å². The summed E-state index contributed by atoms with van der Waals surface area (Å²) in [6, 6.07) is 29.2. The van der Waals surface area contributed by atoms with Crippen LogP contribution in [-0.4, -0.2) is 42.1 Å². The van der Waals surface area contributed by atoms with E-state index in [-0.39, 0.29) is 17.9 Å². The standard InChI is InChI=1S/C31H35N5O/c1-36(2)30-26-15-9-10-16-28(26)34-31(35-30)33-25-19-17-24(18-20-25)32-29(37)21-27(22-11-5-3-6-12-22)23-13-7-4-8-14-23/h3-16,24-25,27H,17-21H2,1-2H3,(H,32,37)(H,33,34,35). The molecule has 6 nitrogen and oxygen atoms in total. The van der Waals surface area contributed by atoms with E-state index in [4.69, 9.17) is 9.97 Å². The molecule has 5 rings (SSSR count). The number of hydrogen-bond acceptors (Lipinski definition) is 5. The van der Waals surface area contributed by atoms with Gasteiger partial charge in [-0.15, -0.1) is 0 Å². The molecule has 1 aliphatic carbocycles. The van der Waals surface area contributed by atoms with E-state index in [9.17, 15) is 4.79 Å². The highest BCUT2D eigenvalue weighted by Gasteiger charge is 2.25. The first kappa shape index (κ1) is 24.8. The molecular formula is C31H35N5O. The summed E-state index contributed by atoms with van der Waals surface area (Å²) in [4.78, 5) is 24.7. The SMILES string of the molecule is CN(C)c1nc(NC2CCC(NC(=O)CC(c3ccccc3)c3ccccc3)CC2)nc2ccccc12. The molecule has 1 aliphatic rings. The van der Waals surface area contributed by atoms with Gasteiger partial charge in [-0.3, -0.25) is 4.79 Å². The number of amides is 1. The molecule has 37 heavy (non-hydrogen) atoms. The van der Waals surface area contributed by atoms with E-state index in [0.717, 1.165) is 42.4 Å². The van der Waals surface area contributed by atoms with E-state index in [1.54, 1.807) is 0 Å². The largest absolute Gasteiger partial charge is 0.362 e. The number of para-hydroxylation sites is 1. The van der Waals surface area contributed by atoms with Crippen LogP contribution in [0.3, 0.4) is 0 Å². The second-order valence-electron chi connectivity index (χ2n) is 10.1. The maximum absolute atomic E-state index is 13.1. The van der Waals surface area contributed by atoms with Gasteiger partial charge in [0.15, 0.2) is 0 Å². The molecule has 6 heteroatoms. The molecule has 0 saturated heterocycles.